The van der Waals surface area contributed by atoms with Crippen LogP contribution < -0.4 is 5.32 Å². The van der Waals surface area contributed by atoms with Crippen molar-refractivity contribution in [2.45, 2.75) is 13.5 Å². The molecule has 1 aliphatic heterocycles. The minimum absolute atomic E-state index is 0.103. The third-order valence-electron chi connectivity index (χ3n) is 4.68. The van der Waals surface area contributed by atoms with E-state index in [-0.39, 0.29) is 6.03 Å². The number of amides is 2. The summed E-state index contributed by atoms with van der Waals surface area (Å²) in [6.45, 7) is 5.56. The number of carbonyl (C=O) groups is 1. The molecule has 1 fully saturated rings. The van der Waals surface area contributed by atoms with Crippen molar-refractivity contribution in [2.24, 2.45) is 0 Å². The quantitative estimate of drug-likeness (QED) is 0.737. The van der Waals surface area contributed by atoms with Gasteiger partial charge in [-0.15, -0.1) is 0 Å². The monoisotopic (exact) mass is 384 g/mol. The molecule has 140 valence electrons. The molecule has 27 heavy (non-hydrogen) atoms. The molecule has 0 bridgehead atoms. The van der Waals surface area contributed by atoms with Crippen LogP contribution >= 0.6 is 11.6 Å². The van der Waals surface area contributed by atoms with Crippen molar-refractivity contribution in [3.05, 3.63) is 58.9 Å². The van der Waals surface area contributed by atoms with Crippen LogP contribution in [0.4, 0.5) is 10.5 Å². The molecule has 3 aromatic rings. The first kappa shape index (κ1) is 17.8. The number of aryl methyl sites for hydroxylation is 1. The Morgan fingerprint density at radius 2 is 2.00 bits per heavy atom. The van der Waals surface area contributed by atoms with Crippen LogP contribution in [0.25, 0.3) is 11.1 Å². The lowest BCUT2D eigenvalue weighted by Crippen LogP contribution is -2.49. The summed E-state index contributed by atoms with van der Waals surface area (Å²) in [5, 5.41) is 3.50. The zero-order valence-electron chi connectivity index (χ0n) is 15.1. The molecule has 1 aromatic heterocycles. The van der Waals surface area contributed by atoms with Gasteiger partial charge in [0.05, 0.1) is 6.54 Å². The Bertz CT molecular complexity index is 964. The van der Waals surface area contributed by atoms with Crippen LogP contribution in [0.1, 0.15) is 11.5 Å². The lowest BCUT2D eigenvalue weighted by Gasteiger charge is -2.34. The van der Waals surface area contributed by atoms with E-state index in [1.165, 1.54) is 0 Å². The number of benzene rings is 2. The van der Waals surface area contributed by atoms with Crippen LogP contribution in [-0.2, 0) is 6.54 Å². The molecular formula is C20H21ClN4O2. The van der Waals surface area contributed by atoms with E-state index in [9.17, 15) is 4.79 Å². The van der Waals surface area contributed by atoms with E-state index in [0.29, 0.717) is 36.2 Å². The average Bonchev–Trinajstić information content (AvgIpc) is 3.03. The van der Waals surface area contributed by atoms with Gasteiger partial charge in [0.2, 0.25) is 5.89 Å². The summed E-state index contributed by atoms with van der Waals surface area (Å²) in [4.78, 5) is 21.0. The average molecular weight is 385 g/mol. The maximum Gasteiger partial charge on any atom is 0.321 e. The second kappa shape index (κ2) is 7.58. The number of nitrogens with zero attached hydrogens (tertiary/aromatic N) is 3. The molecule has 6 nitrogen and oxygen atoms in total. The molecule has 2 amide bonds. The van der Waals surface area contributed by atoms with Gasteiger partial charge in [-0.3, -0.25) is 4.90 Å². The van der Waals surface area contributed by atoms with Gasteiger partial charge in [0.25, 0.3) is 0 Å². The van der Waals surface area contributed by atoms with E-state index < -0.39 is 0 Å². The summed E-state index contributed by atoms with van der Waals surface area (Å²) < 4.78 is 5.86. The van der Waals surface area contributed by atoms with E-state index in [1.807, 2.05) is 42.2 Å². The van der Waals surface area contributed by atoms with Gasteiger partial charge in [-0.1, -0.05) is 23.7 Å². The molecule has 0 aliphatic carbocycles. The van der Waals surface area contributed by atoms with Crippen LogP contribution in [-0.4, -0.2) is 47.0 Å². The third-order valence-corrected chi connectivity index (χ3v) is 4.92. The zero-order chi connectivity index (χ0) is 18.8. The van der Waals surface area contributed by atoms with Gasteiger partial charge in [-0.2, -0.15) is 0 Å². The number of oxazole rings is 1. The van der Waals surface area contributed by atoms with E-state index in [2.05, 4.69) is 15.2 Å². The summed E-state index contributed by atoms with van der Waals surface area (Å²) >= 11 is 5.96. The Balaban J connectivity index is 1.32. The Morgan fingerprint density at radius 3 is 2.78 bits per heavy atom. The van der Waals surface area contributed by atoms with E-state index in [4.69, 9.17) is 16.0 Å². The second-order valence-corrected chi connectivity index (χ2v) is 7.22. The fraction of sp³-hybridized carbons (Fsp3) is 0.300. The van der Waals surface area contributed by atoms with Crippen molar-refractivity contribution in [1.29, 1.82) is 0 Å². The van der Waals surface area contributed by atoms with Crippen molar-refractivity contribution in [3.8, 4) is 0 Å². The number of carbonyl (C=O) groups excluding carboxylic acids is 1. The third kappa shape index (κ3) is 4.23. The highest BCUT2D eigenvalue weighted by atomic mass is 35.5. The number of aromatic nitrogens is 1. The first-order chi connectivity index (χ1) is 13.1. The van der Waals surface area contributed by atoms with Crippen LogP contribution in [0, 0.1) is 6.92 Å². The van der Waals surface area contributed by atoms with Crippen molar-refractivity contribution < 1.29 is 9.21 Å². The molecule has 1 N–H and O–H groups in total. The first-order valence-corrected chi connectivity index (χ1v) is 9.34. The summed E-state index contributed by atoms with van der Waals surface area (Å²) in [5.74, 6) is 0.715. The van der Waals surface area contributed by atoms with Gasteiger partial charge in [0.1, 0.15) is 5.52 Å². The Hall–Kier alpha value is -2.57. The van der Waals surface area contributed by atoms with Gasteiger partial charge in [0, 0.05) is 36.9 Å². The van der Waals surface area contributed by atoms with Crippen molar-refractivity contribution in [2.75, 3.05) is 31.5 Å². The Kier molecular flexibility index (Phi) is 5.01. The molecule has 0 unspecified atom stereocenters. The summed E-state index contributed by atoms with van der Waals surface area (Å²) in [7, 11) is 0. The van der Waals surface area contributed by atoms with E-state index in [1.54, 1.807) is 12.1 Å². The second-order valence-electron chi connectivity index (χ2n) is 6.78. The lowest BCUT2D eigenvalue weighted by molar-refractivity contribution is 0.136. The number of hydrogen-bond donors (Lipinski definition) is 1. The number of fused-ring (bicyclic) bond motifs is 1. The number of nitrogens with one attached hydrogen (secondary N) is 1. The largest absolute Gasteiger partial charge is 0.439 e. The van der Waals surface area contributed by atoms with Crippen LogP contribution in [0.2, 0.25) is 5.02 Å². The van der Waals surface area contributed by atoms with Crippen LogP contribution in [0.5, 0.6) is 0 Å². The minimum atomic E-state index is -0.103. The normalized spacial score (nSPS) is 15.3. The summed E-state index contributed by atoms with van der Waals surface area (Å²) in [5.41, 5.74) is 3.57. The number of urea groups is 1. The Morgan fingerprint density at radius 1 is 1.19 bits per heavy atom. The molecule has 7 heteroatoms. The van der Waals surface area contributed by atoms with Gasteiger partial charge in [0.15, 0.2) is 5.58 Å². The van der Waals surface area contributed by atoms with Crippen molar-refractivity contribution >= 4 is 34.4 Å². The maximum atomic E-state index is 12.4. The molecule has 1 saturated heterocycles. The van der Waals surface area contributed by atoms with Crippen LogP contribution in [0.3, 0.4) is 0 Å². The zero-order valence-corrected chi connectivity index (χ0v) is 15.9. The topological polar surface area (TPSA) is 61.6 Å². The molecular weight excluding hydrogens is 364 g/mol. The number of halogens is 1. The maximum absolute atomic E-state index is 12.4. The fourth-order valence-electron chi connectivity index (χ4n) is 3.22. The molecule has 2 heterocycles. The predicted octanol–water partition coefficient (Wildman–Crippen LogP) is 4.14. The molecule has 1 aliphatic rings. The standard InChI is InChI=1S/C20H21ClN4O2/c1-14-5-6-17-18(11-14)27-19(23-17)13-24-7-9-25(10-8-24)20(26)22-16-4-2-3-15(21)12-16/h2-6,11-12H,7-10,13H2,1H3,(H,22,26). The number of hydrogen-bond acceptors (Lipinski definition) is 4. The smallest absolute Gasteiger partial charge is 0.321 e. The number of rotatable bonds is 3. The highest BCUT2D eigenvalue weighted by Gasteiger charge is 2.22. The fourth-order valence-corrected chi connectivity index (χ4v) is 3.41. The first-order valence-electron chi connectivity index (χ1n) is 8.97. The number of anilines is 1. The summed E-state index contributed by atoms with van der Waals surface area (Å²) in [6, 6.07) is 13.1. The van der Waals surface area contributed by atoms with Crippen LogP contribution in [0.15, 0.2) is 46.9 Å². The predicted molar refractivity (Wildman–Crippen MR) is 106 cm³/mol. The van der Waals surface area contributed by atoms with Crippen molar-refractivity contribution in [1.82, 2.24) is 14.8 Å². The van der Waals surface area contributed by atoms with E-state index >= 15 is 0 Å². The summed E-state index contributed by atoms with van der Waals surface area (Å²) in [6.07, 6.45) is 0. The lowest BCUT2D eigenvalue weighted by atomic mass is 10.2. The molecule has 4 rings (SSSR count). The van der Waals surface area contributed by atoms with Crippen molar-refractivity contribution in [3.63, 3.8) is 0 Å². The number of piperazine rings is 1. The van der Waals surface area contributed by atoms with Gasteiger partial charge in [-0.25, -0.2) is 9.78 Å². The molecule has 0 spiro atoms. The van der Waals surface area contributed by atoms with Gasteiger partial charge < -0.3 is 14.6 Å². The SMILES string of the molecule is Cc1ccc2nc(CN3CCN(C(=O)Nc4cccc(Cl)c4)CC3)oc2c1. The highest BCUT2D eigenvalue weighted by molar-refractivity contribution is 6.30. The molecule has 0 saturated carbocycles. The van der Waals surface area contributed by atoms with Gasteiger partial charge in [-0.05, 0) is 42.8 Å². The molecule has 0 atom stereocenters. The van der Waals surface area contributed by atoms with E-state index in [0.717, 1.165) is 29.8 Å². The highest BCUT2D eigenvalue weighted by Crippen LogP contribution is 2.19. The van der Waals surface area contributed by atoms with Gasteiger partial charge >= 0.3 is 6.03 Å². The Labute approximate surface area is 162 Å². The molecule has 0 radical (unpaired) electrons. The molecule has 2 aromatic carbocycles. The minimum Gasteiger partial charge on any atom is -0.439 e.